The fraction of sp³-hybridized carbons (Fsp3) is 0.562. The van der Waals surface area contributed by atoms with Crippen LogP contribution in [0.1, 0.15) is 49.0 Å². The lowest BCUT2D eigenvalue weighted by molar-refractivity contribution is -0.131. The zero-order chi connectivity index (χ0) is 28.5. The molecule has 0 aromatic heterocycles. The standard InChI is InChI=1S/C32H45N3O5/c1-23(2)34(32(37)25-11-14-29(39-4)30(18-25)40-16-8-15-38-3)21-26-19-33-20-27(26)22-35(28-12-13-28)31(36)17-24-9-6-5-7-10-24/h5-7,9-11,14,18,23,26-28,33H,8,12-13,15-17,19-22H2,1-4H3/t26-,27-/m0/s1. The third-order valence-electron chi connectivity index (χ3n) is 7.89. The molecule has 218 valence electrons. The number of nitrogens with zero attached hydrogens (tertiary/aromatic N) is 2. The van der Waals surface area contributed by atoms with Crippen LogP contribution in [-0.4, -0.2) is 87.3 Å². The minimum atomic E-state index is -0.0238. The number of hydrogen-bond acceptors (Lipinski definition) is 6. The maximum atomic E-state index is 13.8. The Bertz CT molecular complexity index is 1100. The molecule has 2 atom stereocenters. The van der Waals surface area contributed by atoms with Crippen molar-refractivity contribution in [3.63, 3.8) is 0 Å². The Balaban J connectivity index is 1.43. The summed E-state index contributed by atoms with van der Waals surface area (Å²) in [6.07, 6.45) is 3.34. The van der Waals surface area contributed by atoms with Crippen molar-refractivity contribution < 1.29 is 23.8 Å². The summed E-state index contributed by atoms with van der Waals surface area (Å²) in [6.45, 7) is 8.26. The van der Waals surface area contributed by atoms with E-state index in [-0.39, 0.29) is 23.8 Å². The summed E-state index contributed by atoms with van der Waals surface area (Å²) in [4.78, 5) is 31.2. The highest BCUT2D eigenvalue weighted by molar-refractivity contribution is 5.95. The van der Waals surface area contributed by atoms with Gasteiger partial charge in [0.15, 0.2) is 11.5 Å². The second-order valence-electron chi connectivity index (χ2n) is 11.2. The number of carbonyl (C=O) groups excluding carboxylic acids is 2. The van der Waals surface area contributed by atoms with Gasteiger partial charge in [-0.3, -0.25) is 9.59 Å². The first kappa shape index (κ1) is 29.9. The number of nitrogens with one attached hydrogen (secondary N) is 1. The summed E-state index contributed by atoms with van der Waals surface area (Å²) in [5.41, 5.74) is 1.63. The zero-order valence-electron chi connectivity index (χ0n) is 24.4. The summed E-state index contributed by atoms with van der Waals surface area (Å²) in [5, 5.41) is 3.53. The van der Waals surface area contributed by atoms with Gasteiger partial charge in [0, 0.05) is 64.0 Å². The highest BCUT2D eigenvalue weighted by Gasteiger charge is 2.38. The molecule has 2 aromatic carbocycles. The van der Waals surface area contributed by atoms with Gasteiger partial charge in [0.1, 0.15) is 0 Å². The third-order valence-corrected chi connectivity index (χ3v) is 7.89. The van der Waals surface area contributed by atoms with Gasteiger partial charge >= 0.3 is 0 Å². The van der Waals surface area contributed by atoms with Crippen LogP contribution in [0.2, 0.25) is 0 Å². The first-order valence-electron chi connectivity index (χ1n) is 14.6. The first-order chi connectivity index (χ1) is 19.4. The van der Waals surface area contributed by atoms with E-state index in [9.17, 15) is 9.59 Å². The highest BCUT2D eigenvalue weighted by atomic mass is 16.5. The van der Waals surface area contributed by atoms with E-state index in [1.807, 2.05) is 35.2 Å². The predicted octanol–water partition coefficient (Wildman–Crippen LogP) is 4.03. The molecular formula is C32H45N3O5. The minimum Gasteiger partial charge on any atom is -0.493 e. The molecule has 8 nitrogen and oxygen atoms in total. The molecule has 2 amide bonds. The quantitative estimate of drug-likeness (QED) is 0.337. The molecule has 1 aliphatic heterocycles. The van der Waals surface area contributed by atoms with Crippen LogP contribution in [0, 0.1) is 11.8 Å². The van der Waals surface area contributed by atoms with Gasteiger partial charge in [0.2, 0.25) is 5.91 Å². The number of benzene rings is 2. The van der Waals surface area contributed by atoms with Gasteiger partial charge in [-0.1, -0.05) is 30.3 Å². The molecule has 1 saturated carbocycles. The van der Waals surface area contributed by atoms with Crippen molar-refractivity contribution in [2.45, 2.75) is 51.6 Å². The van der Waals surface area contributed by atoms with Crippen LogP contribution in [0.15, 0.2) is 48.5 Å². The molecule has 8 heteroatoms. The lowest BCUT2D eigenvalue weighted by Gasteiger charge is -2.34. The summed E-state index contributed by atoms with van der Waals surface area (Å²) < 4.78 is 16.5. The fourth-order valence-corrected chi connectivity index (χ4v) is 5.43. The second-order valence-corrected chi connectivity index (χ2v) is 11.2. The maximum absolute atomic E-state index is 13.8. The molecule has 2 aromatic rings. The molecule has 1 heterocycles. The van der Waals surface area contributed by atoms with E-state index in [4.69, 9.17) is 14.2 Å². The summed E-state index contributed by atoms with van der Waals surface area (Å²) in [5.74, 6) is 1.90. The number of amides is 2. The largest absolute Gasteiger partial charge is 0.493 e. The molecule has 2 fully saturated rings. The number of methoxy groups -OCH3 is 2. The monoisotopic (exact) mass is 551 g/mol. The molecule has 4 rings (SSSR count). The first-order valence-corrected chi connectivity index (χ1v) is 14.6. The molecule has 0 radical (unpaired) electrons. The Kier molecular flexibility index (Phi) is 10.8. The molecule has 0 unspecified atom stereocenters. The molecule has 1 N–H and O–H groups in total. The zero-order valence-corrected chi connectivity index (χ0v) is 24.4. The fourth-order valence-electron chi connectivity index (χ4n) is 5.43. The molecule has 1 saturated heterocycles. The Hall–Kier alpha value is -3.10. The van der Waals surface area contributed by atoms with Crippen molar-refractivity contribution >= 4 is 11.8 Å². The maximum Gasteiger partial charge on any atom is 0.254 e. The van der Waals surface area contributed by atoms with Crippen LogP contribution in [0.5, 0.6) is 11.5 Å². The van der Waals surface area contributed by atoms with E-state index in [0.29, 0.717) is 55.2 Å². The third kappa shape index (κ3) is 7.98. The van der Waals surface area contributed by atoms with E-state index in [0.717, 1.165) is 44.5 Å². The topological polar surface area (TPSA) is 80.3 Å². The smallest absolute Gasteiger partial charge is 0.254 e. The van der Waals surface area contributed by atoms with Gasteiger partial charge in [-0.15, -0.1) is 0 Å². The van der Waals surface area contributed by atoms with E-state index in [1.54, 1.807) is 32.4 Å². The second kappa shape index (κ2) is 14.5. The summed E-state index contributed by atoms with van der Waals surface area (Å²) in [7, 11) is 3.26. The van der Waals surface area contributed by atoms with Gasteiger partial charge in [0.05, 0.1) is 20.1 Å². The van der Waals surface area contributed by atoms with Gasteiger partial charge in [-0.2, -0.15) is 0 Å². The van der Waals surface area contributed by atoms with Gasteiger partial charge in [-0.05, 0) is 62.3 Å². The van der Waals surface area contributed by atoms with Gasteiger partial charge < -0.3 is 29.3 Å². The predicted molar refractivity (Wildman–Crippen MR) is 156 cm³/mol. The average molecular weight is 552 g/mol. The van der Waals surface area contributed by atoms with Gasteiger partial charge in [0.25, 0.3) is 5.91 Å². The minimum absolute atomic E-state index is 0.0238. The highest BCUT2D eigenvalue weighted by Crippen LogP contribution is 2.32. The van der Waals surface area contributed by atoms with Crippen LogP contribution in [0.4, 0.5) is 0 Å². The summed E-state index contributed by atoms with van der Waals surface area (Å²) in [6, 6.07) is 15.7. The van der Waals surface area contributed by atoms with Crippen molar-refractivity contribution in [2.75, 3.05) is 53.6 Å². The van der Waals surface area contributed by atoms with Crippen LogP contribution >= 0.6 is 0 Å². The SMILES string of the molecule is COCCCOc1cc(C(=O)N(C[C@@H]2CNC[C@H]2CN(C(=O)Cc2ccccc2)C2CC2)C(C)C)ccc1OC. The average Bonchev–Trinajstić information content (AvgIpc) is 3.71. The lowest BCUT2D eigenvalue weighted by atomic mass is 9.93. The van der Waals surface area contributed by atoms with E-state index in [2.05, 4.69) is 24.1 Å². The molecule has 2 aliphatic rings. The van der Waals surface area contributed by atoms with Crippen LogP contribution < -0.4 is 14.8 Å². The molecule has 40 heavy (non-hydrogen) atoms. The lowest BCUT2D eigenvalue weighted by Crippen LogP contribution is -2.45. The number of hydrogen-bond donors (Lipinski definition) is 1. The van der Waals surface area contributed by atoms with Gasteiger partial charge in [-0.25, -0.2) is 0 Å². The Labute approximate surface area is 239 Å². The van der Waals surface area contributed by atoms with Crippen LogP contribution in [-0.2, 0) is 16.0 Å². The van der Waals surface area contributed by atoms with E-state index >= 15 is 0 Å². The number of rotatable bonds is 15. The van der Waals surface area contributed by atoms with Crippen LogP contribution in [0.3, 0.4) is 0 Å². The Morgan fingerprint density at radius 3 is 2.33 bits per heavy atom. The Morgan fingerprint density at radius 1 is 0.950 bits per heavy atom. The molecule has 0 spiro atoms. The van der Waals surface area contributed by atoms with Crippen molar-refractivity contribution in [3.05, 3.63) is 59.7 Å². The van der Waals surface area contributed by atoms with Crippen LogP contribution in [0.25, 0.3) is 0 Å². The molecule has 0 bridgehead atoms. The van der Waals surface area contributed by atoms with Crippen molar-refractivity contribution in [2.24, 2.45) is 11.8 Å². The normalized spacial score (nSPS) is 18.5. The van der Waals surface area contributed by atoms with Crippen molar-refractivity contribution in [1.82, 2.24) is 15.1 Å². The number of ether oxygens (including phenoxy) is 3. The van der Waals surface area contributed by atoms with Crippen molar-refractivity contribution in [3.8, 4) is 11.5 Å². The number of carbonyl (C=O) groups is 2. The Morgan fingerprint density at radius 2 is 1.68 bits per heavy atom. The van der Waals surface area contributed by atoms with E-state index in [1.165, 1.54) is 0 Å². The van der Waals surface area contributed by atoms with Crippen molar-refractivity contribution in [1.29, 1.82) is 0 Å². The molecular weight excluding hydrogens is 506 g/mol. The molecule has 1 aliphatic carbocycles. The van der Waals surface area contributed by atoms with E-state index < -0.39 is 0 Å². The summed E-state index contributed by atoms with van der Waals surface area (Å²) >= 11 is 0.